The third-order valence-electron chi connectivity index (χ3n) is 5.26. The van der Waals surface area contributed by atoms with Gasteiger partial charge in [0.2, 0.25) is 5.91 Å². The van der Waals surface area contributed by atoms with Crippen LogP contribution >= 0.6 is 0 Å². The Balaban J connectivity index is 2.40. The number of carbonyl (C=O) groups excluding carboxylic acids is 1. The van der Waals surface area contributed by atoms with Crippen LogP contribution in [0.3, 0.4) is 0 Å². The van der Waals surface area contributed by atoms with E-state index in [4.69, 9.17) is 0 Å². The molecule has 0 bridgehead atoms. The Labute approximate surface area is 178 Å². The van der Waals surface area contributed by atoms with Gasteiger partial charge in [-0.3, -0.25) is 4.79 Å². The van der Waals surface area contributed by atoms with Gasteiger partial charge in [0, 0.05) is 0 Å². The summed E-state index contributed by atoms with van der Waals surface area (Å²) >= 11 is 0. The number of carbonyl (C=O) groups is 2. The predicted octanol–water partition coefficient (Wildman–Crippen LogP) is 3.58. The Morgan fingerprint density at radius 3 is 2.30 bits per heavy atom. The number of nitrogens with one attached hydrogen (secondary N) is 1. The highest BCUT2D eigenvalue weighted by Crippen LogP contribution is 2.25. The van der Waals surface area contributed by atoms with Gasteiger partial charge in [-0.1, -0.05) is 55.8 Å². The third kappa shape index (κ3) is 5.81. The highest BCUT2D eigenvalue weighted by molar-refractivity contribution is 7.92. The lowest BCUT2D eigenvalue weighted by atomic mass is 9.95. The minimum atomic E-state index is -3.59. The molecule has 2 aromatic carbocycles. The van der Waals surface area contributed by atoms with E-state index in [0.717, 1.165) is 16.3 Å². The molecule has 0 saturated heterocycles. The van der Waals surface area contributed by atoms with Crippen molar-refractivity contribution in [1.82, 2.24) is 5.32 Å². The molecular weight excluding hydrogens is 402 g/mol. The summed E-state index contributed by atoms with van der Waals surface area (Å²) in [5, 5.41) is 13.9. The molecule has 0 aliphatic heterocycles. The van der Waals surface area contributed by atoms with Crippen molar-refractivity contribution in [3.8, 4) is 0 Å². The van der Waals surface area contributed by atoms with Crippen LogP contribution in [0, 0.1) is 5.92 Å². The molecule has 2 aromatic rings. The molecule has 0 saturated carbocycles. The van der Waals surface area contributed by atoms with Gasteiger partial charge in [0.25, 0.3) is 0 Å². The third-order valence-corrected chi connectivity index (χ3v) is 7.97. The first-order valence-corrected chi connectivity index (χ1v) is 11.8. The van der Waals surface area contributed by atoms with Crippen molar-refractivity contribution in [1.29, 1.82) is 0 Å². The number of aliphatic carboxylic acids is 1. The molecule has 0 aliphatic carbocycles. The highest BCUT2D eigenvalue weighted by atomic mass is 32.2. The first-order chi connectivity index (χ1) is 14.0. The zero-order valence-electron chi connectivity index (χ0n) is 18.0. The van der Waals surface area contributed by atoms with E-state index < -0.39 is 38.4 Å². The maximum atomic E-state index is 13.0. The van der Waals surface area contributed by atoms with Crippen LogP contribution in [0.15, 0.2) is 42.5 Å². The van der Waals surface area contributed by atoms with E-state index in [1.807, 2.05) is 49.4 Å². The zero-order valence-corrected chi connectivity index (χ0v) is 18.8. The molecule has 2 atom stereocenters. The standard InChI is InChI=1S/C23H31NO5S/c1-5-9-20(22(26)27)24-21(25)18(15-30(28,29)23(2,3)4)14-17-12-8-11-16-10-6-7-13-19(16)17/h6-8,10-13,18,20H,5,9,14-15H2,1-4H3,(H,24,25)(H,26,27)/t18?,20-/m0/s1. The summed E-state index contributed by atoms with van der Waals surface area (Å²) in [5.74, 6) is -2.90. The fourth-order valence-electron chi connectivity index (χ4n) is 3.31. The molecule has 0 aliphatic rings. The minimum absolute atomic E-state index is 0.209. The number of carboxylic acid groups (broad SMARTS) is 1. The molecule has 30 heavy (non-hydrogen) atoms. The summed E-state index contributed by atoms with van der Waals surface area (Å²) in [5.41, 5.74) is 0.861. The summed E-state index contributed by atoms with van der Waals surface area (Å²) in [4.78, 5) is 24.5. The number of hydrogen-bond donors (Lipinski definition) is 2. The SMILES string of the molecule is CCC[C@H](NC(=O)C(Cc1cccc2ccccc12)CS(=O)(=O)C(C)(C)C)C(=O)O. The number of rotatable bonds is 9. The molecule has 1 amide bonds. The zero-order chi connectivity index (χ0) is 22.5. The van der Waals surface area contributed by atoms with Crippen LogP contribution in [0.1, 0.15) is 46.1 Å². The molecular formula is C23H31NO5S. The number of sulfone groups is 1. The van der Waals surface area contributed by atoms with Gasteiger partial charge >= 0.3 is 5.97 Å². The molecule has 0 aromatic heterocycles. The molecule has 0 spiro atoms. The molecule has 2 rings (SSSR count). The smallest absolute Gasteiger partial charge is 0.326 e. The molecule has 1 unspecified atom stereocenters. The number of benzene rings is 2. The minimum Gasteiger partial charge on any atom is -0.480 e. The highest BCUT2D eigenvalue weighted by Gasteiger charge is 2.35. The molecule has 0 fully saturated rings. The summed E-state index contributed by atoms with van der Waals surface area (Å²) in [7, 11) is -3.59. The van der Waals surface area contributed by atoms with Gasteiger partial charge in [-0.05, 0) is 49.9 Å². The van der Waals surface area contributed by atoms with Crippen LogP contribution < -0.4 is 5.32 Å². The number of hydrogen-bond acceptors (Lipinski definition) is 4. The van der Waals surface area contributed by atoms with E-state index in [1.165, 1.54) is 0 Å². The van der Waals surface area contributed by atoms with Crippen LogP contribution in [0.2, 0.25) is 0 Å². The first kappa shape index (κ1) is 23.9. The Morgan fingerprint density at radius 2 is 1.70 bits per heavy atom. The van der Waals surface area contributed by atoms with Gasteiger partial charge in [0.15, 0.2) is 9.84 Å². The Morgan fingerprint density at radius 1 is 1.07 bits per heavy atom. The van der Waals surface area contributed by atoms with Crippen LogP contribution in [0.4, 0.5) is 0 Å². The van der Waals surface area contributed by atoms with Gasteiger partial charge in [-0.2, -0.15) is 0 Å². The summed E-state index contributed by atoms with van der Waals surface area (Å²) in [6, 6.07) is 12.4. The average Bonchev–Trinajstić information content (AvgIpc) is 2.66. The van der Waals surface area contributed by atoms with Crippen molar-refractivity contribution < 1.29 is 23.1 Å². The number of amides is 1. The van der Waals surface area contributed by atoms with Crippen LogP contribution in [0.25, 0.3) is 10.8 Å². The van der Waals surface area contributed by atoms with Crippen LogP contribution in [0.5, 0.6) is 0 Å². The molecule has 2 N–H and O–H groups in total. The second-order valence-electron chi connectivity index (χ2n) is 8.62. The molecule has 164 valence electrons. The maximum absolute atomic E-state index is 13.0. The Kier molecular flexibility index (Phi) is 7.64. The van der Waals surface area contributed by atoms with E-state index >= 15 is 0 Å². The van der Waals surface area contributed by atoms with Gasteiger partial charge in [0.1, 0.15) is 6.04 Å². The fourth-order valence-corrected chi connectivity index (χ4v) is 4.61. The topological polar surface area (TPSA) is 101 Å². The summed E-state index contributed by atoms with van der Waals surface area (Å²) < 4.78 is 24.7. The van der Waals surface area contributed by atoms with Crippen molar-refractivity contribution in [3.63, 3.8) is 0 Å². The van der Waals surface area contributed by atoms with Crippen LogP contribution in [-0.4, -0.2) is 41.9 Å². The second kappa shape index (κ2) is 9.60. The van der Waals surface area contributed by atoms with Crippen LogP contribution in [-0.2, 0) is 25.8 Å². The van der Waals surface area contributed by atoms with E-state index in [2.05, 4.69) is 5.32 Å². The summed E-state index contributed by atoms with van der Waals surface area (Å²) in [6.45, 7) is 6.64. The molecule has 0 radical (unpaired) electrons. The summed E-state index contributed by atoms with van der Waals surface area (Å²) in [6.07, 6.45) is 1.08. The largest absolute Gasteiger partial charge is 0.480 e. The molecule has 0 heterocycles. The molecule has 7 heteroatoms. The quantitative estimate of drug-likeness (QED) is 0.629. The van der Waals surface area contributed by atoms with Gasteiger partial charge in [-0.15, -0.1) is 0 Å². The van der Waals surface area contributed by atoms with Crippen molar-refractivity contribution in [3.05, 3.63) is 48.0 Å². The fraction of sp³-hybridized carbons (Fsp3) is 0.478. The Bertz CT molecular complexity index is 1000. The van der Waals surface area contributed by atoms with Gasteiger partial charge in [0.05, 0.1) is 16.4 Å². The normalized spacial score (nSPS) is 14.3. The number of fused-ring (bicyclic) bond motifs is 1. The van der Waals surface area contributed by atoms with E-state index in [9.17, 15) is 23.1 Å². The Hall–Kier alpha value is -2.41. The lowest BCUT2D eigenvalue weighted by Gasteiger charge is -2.25. The number of carboxylic acids is 1. The van der Waals surface area contributed by atoms with Crippen molar-refractivity contribution in [2.45, 2.75) is 57.7 Å². The van der Waals surface area contributed by atoms with E-state index in [-0.39, 0.29) is 18.6 Å². The predicted molar refractivity (Wildman–Crippen MR) is 119 cm³/mol. The lowest BCUT2D eigenvalue weighted by molar-refractivity contribution is -0.142. The van der Waals surface area contributed by atoms with Crippen molar-refractivity contribution in [2.75, 3.05) is 5.75 Å². The second-order valence-corrected chi connectivity index (χ2v) is 11.4. The van der Waals surface area contributed by atoms with Crippen molar-refractivity contribution >= 4 is 32.5 Å². The average molecular weight is 434 g/mol. The molecule has 6 nitrogen and oxygen atoms in total. The van der Waals surface area contributed by atoms with Crippen molar-refractivity contribution in [2.24, 2.45) is 5.92 Å². The lowest BCUT2D eigenvalue weighted by Crippen LogP contribution is -2.46. The van der Waals surface area contributed by atoms with E-state index in [0.29, 0.717) is 6.42 Å². The van der Waals surface area contributed by atoms with Gasteiger partial charge in [-0.25, -0.2) is 13.2 Å². The maximum Gasteiger partial charge on any atom is 0.326 e. The van der Waals surface area contributed by atoms with Gasteiger partial charge < -0.3 is 10.4 Å². The first-order valence-electron chi connectivity index (χ1n) is 10.2. The monoisotopic (exact) mass is 433 g/mol. The van der Waals surface area contributed by atoms with E-state index in [1.54, 1.807) is 20.8 Å².